The van der Waals surface area contributed by atoms with E-state index in [1.54, 1.807) is 24.4 Å². The van der Waals surface area contributed by atoms with Crippen LogP contribution in [0.1, 0.15) is 37.8 Å². The summed E-state index contributed by atoms with van der Waals surface area (Å²) in [5.41, 5.74) is -0.445. The third-order valence-electron chi connectivity index (χ3n) is 3.57. The summed E-state index contributed by atoms with van der Waals surface area (Å²) in [6.45, 7) is 0. The van der Waals surface area contributed by atoms with Gasteiger partial charge in [-0.05, 0) is 31.1 Å². The number of carboxylic acids is 1. The largest absolute Gasteiger partial charge is 0.480 e. The van der Waals surface area contributed by atoms with E-state index in [1.165, 1.54) is 6.08 Å². The first-order valence-electron chi connectivity index (χ1n) is 6.77. The van der Waals surface area contributed by atoms with Crippen LogP contribution in [0.25, 0.3) is 6.08 Å². The van der Waals surface area contributed by atoms with Gasteiger partial charge in [0.2, 0.25) is 5.91 Å². The summed E-state index contributed by atoms with van der Waals surface area (Å²) in [5, 5.41) is 12.0. The van der Waals surface area contributed by atoms with E-state index < -0.39 is 11.5 Å². The van der Waals surface area contributed by atoms with Crippen molar-refractivity contribution in [3.8, 4) is 0 Å². The zero-order valence-electron chi connectivity index (χ0n) is 11.2. The van der Waals surface area contributed by atoms with Crippen molar-refractivity contribution < 1.29 is 14.7 Å². The van der Waals surface area contributed by atoms with E-state index in [9.17, 15) is 14.7 Å². The van der Waals surface area contributed by atoms with Crippen LogP contribution >= 0.6 is 0 Å². The number of rotatable bonds is 4. The second-order valence-electron chi connectivity index (χ2n) is 5.03. The molecule has 0 spiro atoms. The highest BCUT2D eigenvalue weighted by atomic mass is 16.4. The number of hydrogen-bond acceptors (Lipinski definition) is 3. The molecule has 0 atom stereocenters. The highest BCUT2D eigenvalue weighted by Crippen LogP contribution is 2.28. The lowest BCUT2D eigenvalue weighted by Gasteiger charge is -2.33. The molecular formula is C15H18N2O3. The van der Waals surface area contributed by atoms with E-state index in [-0.39, 0.29) is 5.91 Å². The number of hydrogen-bond donors (Lipinski definition) is 2. The molecule has 1 heterocycles. The van der Waals surface area contributed by atoms with E-state index in [0.717, 1.165) is 19.3 Å². The van der Waals surface area contributed by atoms with Gasteiger partial charge in [0, 0.05) is 12.3 Å². The van der Waals surface area contributed by atoms with Gasteiger partial charge >= 0.3 is 5.97 Å². The topological polar surface area (TPSA) is 79.3 Å². The van der Waals surface area contributed by atoms with Gasteiger partial charge in [0.1, 0.15) is 5.54 Å². The Labute approximate surface area is 117 Å². The van der Waals surface area contributed by atoms with E-state index >= 15 is 0 Å². The van der Waals surface area contributed by atoms with Crippen molar-refractivity contribution in [2.24, 2.45) is 0 Å². The van der Waals surface area contributed by atoms with E-state index in [0.29, 0.717) is 18.5 Å². The molecule has 5 nitrogen and oxygen atoms in total. The predicted octanol–water partition coefficient (Wildman–Crippen LogP) is 2.00. The van der Waals surface area contributed by atoms with Crippen molar-refractivity contribution in [1.29, 1.82) is 0 Å². The second kappa shape index (κ2) is 6.32. The first-order valence-corrected chi connectivity index (χ1v) is 6.77. The molecule has 1 fully saturated rings. The standard InChI is InChI=1S/C15H18N2O3/c18-13(8-7-12-6-2-5-11-16-12)17-15(14(19)20)9-3-1-4-10-15/h2,5-8,11H,1,3-4,9-10H2,(H,17,18)(H,19,20)/b8-7+. The fraction of sp³-hybridized carbons (Fsp3) is 0.400. The minimum atomic E-state index is -1.11. The fourth-order valence-corrected chi connectivity index (χ4v) is 2.46. The molecule has 5 heteroatoms. The molecule has 1 amide bonds. The summed E-state index contributed by atoms with van der Waals surface area (Å²) >= 11 is 0. The van der Waals surface area contributed by atoms with Gasteiger partial charge in [0.05, 0.1) is 5.69 Å². The summed E-state index contributed by atoms with van der Waals surface area (Å²) in [6.07, 6.45) is 8.21. The maximum Gasteiger partial charge on any atom is 0.329 e. The quantitative estimate of drug-likeness (QED) is 0.823. The van der Waals surface area contributed by atoms with Crippen LogP contribution in [0.15, 0.2) is 30.5 Å². The molecule has 2 N–H and O–H groups in total. The van der Waals surface area contributed by atoms with Crippen LogP contribution in [0, 0.1) is 0 Å². The van der Waals surface area contributed by atoms with Crippen molar-refractivity contribution in [2.45, 2.75) is 37.6 Å². The molecule has 0 aliphatic heterocycles. The van der Waals surface area contributed by atoms with Crippen LogP contribution in [0.2, 0.25) is 0 Å². The van der Waals surface area contributed by atoms with Crippen LogP contribution < -0.4 is 5.32 Å². The average molecular weight is 274 g/mol. The van der Waals surface area contributed by atoms with Gasteiger partial charge < -0.3 is 10.4 Å². The number of carbonyl (C=O) groups excluding carboxylic acids is 1. The molecule has 0 radical (unpaired) electrons. The zero-order valence-corrected chi connectivity index (χ0v) is 11.2. The van der Waals surface area contributed by atoms with Crippen LogP contribution in [0.3, 0.4) is 0 Å². The molecule has 106 valence electrons. The number of pyridine rings is 1. The molecule has 1 aliphatic rings. The predicted molar refractivity (Wildman–Crippen MR) is 74.9 cm³/mol. The van der Waals surface area contributed by atoms with Gasteiger partial charge in [0.25, 0.3) is 0 Å². The molecule has 0 saturated heterocycles. The van der Waals surface area contributed by atoms with E-state index in [2.05, 4.69) is 10.3 Å². The molecule has 1 aliphatic carbocycles. The normalized spacial score (nSPS) is 17.8. The number of nitrogens with one attached hydrogen (secondary N) is 1. The summed E-state index contributed by atoms with van der Waals surface area (Å²) in [6, 6.07) is 5.39. The number of nitrogens with zero attached hydrogens (tertiary/aromatic N) is 1. The molecule has 0 bridgehead atoms. The Balaban J connectivity index is 2.02. The fourth-order valence-electron chi connectivity index (χ4n) is 2.46. The highest BCUT2D eigenvalue weighted by molar-refractivity contribution is 5.95. The van der Waals surface area contributed by atoms with Gasteiger partial charge in [-0.25, -0.2) is 4.79 Å². The van der Waals surface area contributed by atoms with Gasteiger partial charge in [-0.2, -0.15) is 0 Å². The Hall–Kier alpha value is -2.17. The third-order valence-corrected chi connectivity index (χ3v) is 3.57. The lowest BCUT2D eigenvalue weighted by atomic mass is 9.81. The van der Waals surface area contributed by atoms with Crippen molar-refractivity contribution >= 4 is 18.0 Å². The van der Waals surface area contributed by atoms with Crippen LogP contribution in [0.4, 0.5) is 0 Å². The van der Waals surface area contributed by atoms with Gasteiger partial charge in [-0.3, -0.25) is 9.78 Å². The number of carboxylic acid groups (broad SMARTS) is 1. The third kappa shape index (κ3) is 3.44. The molecule has 1 aromatic heterocycles. The summed E-state index contributed by atoms with van der Waals surface area (Å²) in [4.78, 5) is 27.4. The van der Waals surface area contributed by atoms with Crippen molar-refractivity contribution in [2.75, 3.05) is 0 Å². The maximum atomic E-state index is 11.9. The minimum absolute atomic E-state index is 0.389. The first kappa shape index (κ1) is 14.2. The maximum absolute atomic E-state index is 11.9. The number of carbonyl (C=O) groups is 2. The number of aromatic nitrogens is 1. The second-order valence-corrected chi connectivity index (χ2v) is 5.03. The Kier molecular flexibility index (Phi) is 4.50. The smallest absolute Gasteiger partial charge is 0.329 e. The minimum Gasteiger partial charge on any atom is -0.480 e. The first-order chi connectivity index (χ1) is 9.62. The van der Waals surface area contributed by atoms with Gasteiger partial charge in [0.15, 0.2) is 0 Å². The molecule has 1 aromatic rings. The lowest BCUT2D eigenvalue weighted by Crippen LogP contribution is -2.55. The number of aliphatic carboxylic acids is 1. The van der Waals surface area contributed by atoms with Crippen molar-refractivity contribution in [3.63, 3.8) is 0 Å². The summed E-state index contributed by atoms with van der Waals surface area (Å²) in [7, 11) is 0. The molecule has 0 aromatic carbocycles. The Morgan fingerprint density at radius 1 is 1.25 bits per heavy atom. The highest BCUT2D eigenvalue weighted by Gasteiger charge is 2.40. The Bertz CT molecular complexity index is 505. The lowest BCUT2D eigenvalue weighted by molar-refractivity contribution is -0.148. The molecule has 0 unspecified atom stereocenters. The van der Waals surface area contributed by atoms with Gasteiger partial charge in [-0.15, -0.1) is 0 Å². The zero-order chi connectivity index (χ0) is 14.4. The molecule has 1 saturated carbocycles. The number of amides is 1. The molecule has 20 heavy (non-hydrogen) atoms. The van der Waals surface area contributed by atoms with Crippen LogP contribution in [0.5, 0.6) is 0 Å². The monoisotopic (exact) mass is 274 g/mol. The van der Waals surface area contributed by atoms with Crippen molar-refractivity contribution in [3.05, 3.63) is 36.2 Å². The molecule has 2 rings (SSSR count). The Morgan fingerprint density at radius 3 is 2.60 bits per heavy atom. The van der Waals surface area contributed by atoms with Crippen molar-refractivity contribution in [1.82, 2.24) is 10.3 Å². The van der Waals surface area contributed by atoms with Gasteiger partial charge in [-0.1, -0.05) is 25.3 Å². The average Bonchev–Trinajstić information content (AvgIpc) is 2.47. The summed E-state index contributed by atoms with van der Waals surface area (Å²) < 4.78 is 0. The van der Waals surface area contributed by atoms with E-state index in [4.69, 9.17) is 0 Å². The SMILES string of the molecule is O=C(/C=C/c1ccccn1)NC1(C(=O)O)CCCCC1. The summed E-state index contributed by atoms with van der Waals surface area (Å²) in [5.74, 6) is -1.34. The van der Waals surface area contributed by atoms with Crippen LogP contribution in [-0.2, 0) is 9.59 Å². The van der Waals surface area contributed by atoms with Crippen LogP contribution in [-0.4, -0.2) is 27.5 Å². The molecular weight excluding hydrogens is 256 g/mol. The van der Waals surface area contributed by atoms with E-state index in [1.807, 2.05) is 6.07 Å². The Morgan fingerprint density at radius 2 is 2.00 bits per heavy atom.